The smallest absolute Gasteiger partial charge is 0.326 e. The molecule has 0 bridgehead atoms. The van der Waals surface area contributed by atoms with Crippen LogP contribution in [-0.2, 0) is 9.59 Å². The van der Waals surface area contributed by atoms with Crippen LogP contribution in [0.3, 0.4) is 0 Å². The van der Waals surface area contributed by atoms with Gasteiger partial charge in [0.15, 0.2) is 0 Å². The predicted octanol–water partition coefficient (Wildman–Crippen LogP) is 1.38. The molecule has 104 valence electrons. The molecule has 6 heteroatoms. The topological polar surface area (TPSA) is 96.8 Å². The van der Waals surface area contributed by atoms with Gasteiger partial charge in [0.25, 0.3) is 5.91 Å². The zero-order chi connectivity index (χ0) is 14.3. The molecule has 1 heterocycles. The summed E-state index contributed by atoms with van der Waals surface area (Å²) in [5.41, 5.74) is 5.38. The fourth-order valence-electron chi connectivity index (χ4n) is 1.77. The van der Waals surface area contributed by atoms with Crippen molar-refractivity contribution in [1.29, 1.82) is 0 Å². The third-order valence-electron chi connectivity index (χ3n) is 2.68. The molecular weight excluding hydrogens is 248 g/mol. The van der Waals surface area contributed by atoms with Crippen LogP contribution in [0.1, 0.15) is 19.3 Å². The Kier molecular flexibility index (Phi) is 5.81. The van der Waals surface area contributed by atoms with Gasteiger partial charge in [-0.05, 0) is 37.9 Å². The fourth-order valence-corrected chi connectivity index (χ4v) is 1.77. The summed E-state index contributed by atoms with van der Waals surface area (Å²) in [6.07, 6.45) is 4.10. The van der Waals surface area contributed by atoms with Crippen LogP contribution in [0.25, 0.3) is 0 Å². The Morgan fingerprint density at radius 3 is 2.74 bits per heavy atom. The second kappa shape index (κ2) is 7.38. The van der Waals surface area contributed by atoms with Gasteiger partial charge in [0.2, 0.25) is 5.88 Å². The number of nitrogens with two attached hydrogens (primary N) is 1. The number of carbonyl (C=O) groups is 2. The number of unbranched alkanes of at least 4 members (excludes halogenated alkanes) is 1. The molecule has 3 N–H and O–H groups in total. The van der Waals surface area contributed by atoms with Gasteiger partial charge in [-0.15, -0.1) is 0 Å². The minimum atomic E-state index is -1.08. The second-order valence-corrected chi connectivity index (χ2v) is 4.00. The maximum atomic E-state index is 11.8. The van der Waals surface area contributed by atoms with Crippen LogP contribution in [0.4, 0.5) is 5.88 Å². The van der Waals surface area contributed by atoms with Crippen LogP contribution in [0.5, 0.6) is 0 Å². The number of nitrogens with zero attached hydrogens (tertiary/aromatic N) is 1. The fraction of sp³-hybridized carbons (Fsp3) is 0.385. The van der Waals surface area contributed by atoms with Crippen molar-refractivity contribution in [2.45, 2.75) is 25.3 Å². The molecule has 0 saturated heterocycles. The lowest BCUT2D eigenvalue weighted by molar-refractivity contribution is -0.140. The standard InChI is InChI=1S/C13H18N2O4/c1-2-11(16)15(12-7-5-9-19-12)10(13(17)18)6-3-4-8-14/h2,5,7,9-10H,1,3-4,6,8,14H2,(H,17,18)/t10-/m0/s1. The van der Waals surface area contributed by atoms with E-state index in [1.54, 1.807) is 12.1 Å². The van der Waals surface area contributed by atoms with Crippen LogP contribution in [0.2, 0.25) is 0 Å². The van der Waals surface area contributed by atoms with E-state index < -0.39 is 17.9 Å². The van der Waals surface area contributed by atoms with Gasteiger partial charge in [-0.1, -0.05) is 6.58 Å². The molecule has 1 rings (SSSR count). The molecule has 0 aliphatic rings. The Balaban J connectivity index is 2.94. The van der Waals surface area contributed by atoms with Crippen LogP contribution >= 0.6 is 0 Å². The largest absolute Gasteiger partial charge is 0.480 e. The van der Waals surface area contributed by atoms with Crippen molar-refractivity contribution < 1.29 is 19.1 Å². The normalized spacial score (nSPS) is 11.8. The maximum Gasteiger partial charge on any atom is 0.326 e. The summed E-state index contributed by atoms with van der Waals surface area (Å²) in [6.45, 7) is 3.87. The van der Waals surface area contributed by atoms with Gasteiger partial charge in [0, 0.05) is 6.07 Å². The number of hydrogen-bond acceptors (Lipinski definition) is 4. The molecule has 0 aliphatic heterocycles. The van der Waals surface area contributed by atoms with Gasteiger partial charge in [0.1, 0.15) is 6.04 Å². The van der Waals surface area contributed by atoms with Gasteiger partial charge in [-0.25, -0.2) is 4.79 Å². The van der Waals surface area contributed by atoms with E-state index in [4.69, 9.17) is 10.2 Å². The molecule has 0 unspecified atom stereocenters. The van der Waals surface area contributed by atoms with Gasteiger partial charge < -0.3 is 15.3 Å². The summed E-state index contributed by atoms with van der Waals surface area (Å²) in [5, 5.41) is 9.29. The van der Waals surface area contributed by atoms with Crippen LogP contribution in [0.15, 0.2) is 35.5 Å². The van der Waals surface area contributed by atoms with Crippen molar-refractivity contribution in [1.82, 2.24) is 0 Å². The average molecular weight is 266 g/mol. The summed E-state index contributed by atoms with van der Waals surface area (Å²) < 4.78 is 5.13. The van der Waals surface area contributed by atoms with Crippen molar-refractivity contribution in [3.8, 4) is 0 Å². The highest BCUT2D eigenvalue weighted by Crippen LogP contribution is 2.21. The first-order valence-corrected chi connectivity index (χ1v) is 6.03. The summed E-state index contributed by atoms with van der Waals surface area (Å²) in [7, 11) is 0. The highest BCUT2D eigenvalue weighted by Gasteiger charge is 2.30. The number of carboxylic acids is 1. The summed E-state index contributed by atoms with van der Waals surface area (Å²) in [5.74, 6) is -1.39. The lowest BCUT2D eigenvalue weighted by atomic mass is 10.1. The Morgan fingerprint density at radius 1 is 1.53 bits per heavy atom. The number of carbonyl (C=O) groups excluding carboxylic acids is 1. The monoisotopic (exact) mass is 266 g/mol. The SMILES string of the molecule is C=CC(=O)N(c1ccco1)[C@@H](CCCCN)C(=O)O. The lowest BCUT2D eigenvalue weighted by Gasteiger charge is -2.25. The molecule has 0 radical (unpaired) electrons. The Bertz CT molecular complexity index is 428. The summed E-state index contributed by atoms with van der Waals surface area (Å²) in [6, 6.07) is 2.15. The summed E-state index contributed by atoms with van der Waals surface area (Å²) >= 11 is 0. The zero-order valence-electron chi connectivity index (χ0n) is 10.6. The van der Waals surface area contributed by atoms with E-state index in [0.717, 1.165) is 11.0 Å². The predicted molar refractivity (Wildman–Crippen MR) is 70.7 cm³/mol. The Hall–Kier alpha value is -2.08. The number of carboxylic acid groups (broad SMARTS) is 1. The number of aliphatic carboxylic acids is 1. The quantitative estimate of drug-likeness (QED) is 0.547. The van der Waals surface area contributed by atoms with E-state index in [2.05, 4.69) is 6.58 Å². The van der Waals surface area contributed by atoms with Crippen LogP contribution in [-0.4, -0.2) is 29.6 Å². The number of rotatable bonds is 8. The van der Waals surface area contributed by atoms with Crippen molar-refractivity contribution in [3.05, 3.63) is 31.1 Å². The number of amides is 1. The zero-order valence-corrected chi connectivity index (χ0v) is 10.6. The Morgan fingerprint density at radius 2 is 2.26 bits per heavy atom. The molecule has 6 nitrogen and oxygen atoms in total. The van der Waals surface area contributed by atoms with Gasteiger partial charge in [0.05, 0.1) is 6.26 Å². The van der Waals surface area contributed by atoms with Crippen LogP contribution in [0, 0.1) is 0 Å². The molecular formula is C13H18N2O4. The second-order valence-electron chi connectivity index (χ2n) is 4.00. The molecule has 0 aromatic carbocycles. The molecule has 1 amide bonds. The first-order chi connectivity index (χ1) is 9.11. The van der Waals surface area contributed by atoms with E-state index >= 15 is 0 Å². The van der Waals surface area contributed by atoms with E-state index in [9.17, 15) is 14.7 Å². The van der Waals surface area contributed by atoms with Gasteiger partial charge in [-0.3, -0.25) is 9.69 Å². The highest BCUT2D eigenvalue weighted by molar-refractivity contribution is 6.04. The molecule has 0 aliphatic carbocycles. The average Bonchev–Trinajstić information content (AvgIpc) is 2.90. The van der Waals surface area contributed by atoms with E-state index in [0.29, 0.717) is 25.8 Å². The van der Waals surface area contributed by atoms with Crippen molar-refractivity contribution in [2.24, 2.45) is 5.73 Å². The minimum absolute atomic E-state index is 0.199. The minimum Gasteiger partial charge on any atom is -0.480 e. The van der Waals surface area contributed by atoms with Gasteiger partial charge in [-0.2, -0.15) is 0 Å². The highest BCUT2D eigenvalue weighted by atomic mass is 16.4. The molecule has 0 saturated carbocycles. The van der Waals surface area contributed by atoms with Crippen molar-refractivity contribution in [2.75, 3.05) is 11.4 Å². The molecule has 1 aromatic rings. The van der Waals surface area contributed by atoms with E-state index in [1.807, 2.05) is 0 Å². The number of hydrogen-bond donors (Lipinski definition) is 2. The summed E-state index contributed by atoms with van der Waals surface area (Å²) in [4.78, 5) is 24.3. The van der Waals surface area contributed by atoms with Gasteiger partial charge >= 0.3 is 5.97 Å². The molecule has 0 spiro atoms. The third-order valence-corrected chi connectivity index (χ3v) is 2.68. The molecule has 1 atom stereocenters. The number of furan rings is 1. The molecule has 0 fully saturated rings. The van der Waals surface area contributed by atoms with Crippen LogP contribution < -0.4 is 10.6 Å². The molecule has 1 aromatic heterocycles. The maximum absolute atomic E-state index is 11.8. The molecule has 19 heavy (non-hydrogen) atoms. The third kappa shape index (κ3) is 3.96. The first kappa shape index (κ1) is 15.0. The Labute approximate surface area is 111 Å². The lowest BCUT2D eigenvalue weighted by Crippen LogP contribution is -2.44. The van der Waals surface area contributed by atoms with E-state index in [1.165, 1.54) is 6.26 Å². The van der Waals surface area contributed by atoms with Crippen molar-refractivity contribution >= 4 is 17.8 Å². The number of anilines is 1. The van der Waals surface area contributed by atoms with Crippen molar-refractivity contribution in [3.63, 3.8) is 0 Å². The first-order valence-electron chi connectivity index (χ1n) is 6.03. The van der Waals surface area contributed by atoms with E-state index in [-0.39, 0.29) is 5.88 Å².